The van der Waals surface area contributed by atoms with Gasteiger partial charge in [0, 0.05) is 37.2 Å². The molecule has 118 valence electrons. The average molecular weight is 301 g/mol. The fourth-order valence-electron chi connectivity index (χ4n) is 3.30. The lowest BCUT2D eigenvalue weighted by atomic mass is 10.1. The number of carbonyl (C=O) groups excluding carboxylic acids is 1. The van der Waals surface area contributed by atoms with Gasteiger partial charge in [-0.05, 0) is 32.8 Å². The second-order valence-corrected chi connectivity index (χ2v) is 6.06. The fourth-order valence-corrected chi connectivity index (χ4v) is 3.30. The van der Waals surface area contributed by atoms with Gasteiger partial charge in [0.15, 0.2) is 0 Å². The molecule has 0 unspecified atom stereocenters. The van der Waals surface area contributed by atoms with Crippen LogP contribution in [0.2, 0.25) is 0 Å². The van der Waals surface area contributed by atoms with E-state index in [4.69, 9.17) is 0 Å². The average Bonchev–Trinajstić information content (AvgIpc) is 3.19. The molecule has 6 heteroatoms. The molecule has 0 N–H and O–H groups in total. The standard InChI is InChI=1S/C16H23N5O/c1-12-15(13(2)19(3)18-12)10-16(22)21-9-4-6-14(21)11-20-8-5-7-17-20/h5,7-8,14H,4,6,9-11H2,1-3H3/t14-/m1/s1. The predicted octanol–water partition coefficient (Wildman–Crippen LogP) is 1.47. The molecule has 2 aromatic heterocycles. The van der Waals surface area contributed by atoms with Crippen molar-refractivity contribution in [3.63, 3.8) is 0 Å². The van der Waals surface area contributed by atoms with E-state index in [2.05, 4.69) is 10.2 Å². The highest BCUT2D eigenvalue weighted by Crippen LogP contribution is 2.21. The Kier molecular flexibility index (Phi) is 4.00. The number of aryl methyl sites for hydroxylation is 2. The number of aromatic nitrogens is 4. The number of hydrogen-bond donors (Lipinski definition) is 0. The molecule has 0 aromatic carbocycles. The third kappa shape index (κ3) is 2.77. The van der Waals surface area contributed by atoms with Gasteiger partial charge in [-0.2, -0.15) is 10.2 Å². The zero-order valence-electron chi connectivity index (χ0n) is 13.5. The molecule has 1 amide bonds. The van der Waals surface area contributed by atoms with Crippen molar-refractivity contribution in [2.24, 2.45) is 7.05 Å². The Morgan fingerprint density at radius 1 is 1.41 bits per heavy atom. The van der Waals surface area contributed by atoms with E-state index in [1.54, 1.807) is 6.20 Å². The smallest absolute Gasteiger partial charge is 0.227 e. The van der Waals surface area contributed by atoms with Crippen molar-refractivity contribution in [3.8, 4) is 0 Å². The summed E-state index contributed by atoms with van der Waals surface area (Å²) in [5, 5.41) is 8.66. The van der Waals surface area contributed by atoms with Crippen molar-refractivity contribution < 1.29 is 4.79 Å². The van der Waals surface area contributed by atoms with E-state index in [0.29, 0.717) is 6.42 Å². The molecule has 0 aliphatic carbocycles. The number of rotatable bonds is 4. The zero-order valence-corrected chi connectivity index (χ0v) is 13.5. The van der Waals surface area contributed by atoms with E-state index < -0.39 is 0 Å². The Morgan fingerprint density at radius 2 is 2.23 bits per heavy atom. The maximum atomic E-state index is 12.7. The van der Waals surface area contributed by atoms with Crippen molar-refractivity contribution >= 4 is 5.91 Å². The monoisotopic (exact) mass is 301 g/mol. The Balaban J connectivity index is 1.70. The van der Waals surface area contributed by atoms with Crippen molar-refractivity contribution in [2.45, 2.75) is 45.7 Å². The molecule has 1 atom stereocenters. The van der Waals surface area contributed by atoms with Gasteiger partial charge in [0.1, 0.15) is 0 Å². The van der Waals surface area contributed by atoms with Crippen LogP contribution in [-0.4, -0.2) is 43.0 Å². The van der Waals surface area contributed by atoms with Gasteiger partial charge in [-0.15, -0.1) is 0 Å². The van der Waals surface area contributed by atoms with Gasteiger partial charge >= 0.3 is 0 Å². The minimum atomic E-state index is 0.203. The van der Waals surface area contributed by atoms with Gasteiger partial charge in [-0.1, -0.05) is 0 Å². The predicted molar refractivity (Wildman–Crippen MR) is 83.3 cm³/mol. The van der Waals surface area contributed by atoms with Crippen LogP contribution < -0.4 is 0 Å². The molecule has 2 aromatic rings. The Labute approximate surface area is 130 Å². The maximum Gasteiger partial charge on any atom is 0.227 e. The van der Waals surface area contributed by atoms with Crippen LogP contribution in [0.1, 0.15) is 29.8 Å². The summed E-state index contributed by atoms with van der Waals surface area (Å²) in [4.78, 5) is 14.7. The van der Waals surface area contributed by atoms with Crippen LogP contribution >= 0.6 is 0 Å². The van der Waals surface area contributed by atoms with Crippen LogP contribution in [0.5, 0.6) is 0 Å². The van der Waals surface area contributed by atoms with Crippen molar-refractivity contribution in [3.05, 3.63) is 35.4 Å². The van der Waals surface area contributed by atoms with E-state index in [0.717, 1.165) is 42.9 Å². The molecule has 1 aliphatic heterocycles. The van der Waals surface area contributed by atoms with Crippen LogP contribution in [0.3, 0.4) is 0 Å². The third-order valence-corrected chi connectivity index (χ3v) is 4.64. The molecule has 1 aliphatic rings. The third-order valence-electron chi connectivity index (χ3n) is 4.64. The van der Waals surface area contributed by atoms with Crippen LogP contribution in [0, 0.1) is 13.8 Å². The molecule has 0 radical (unpaired) electrons. The lowest BCUT2D eigenvalue weighted by Crippen LogP contribution is -2.39. The van der Waals surface area contributed by atoms with Gasteiger partial charge < -0.3 is 4.90 Å². The largest absolute Gasteiger partial charge is 0.338 e. The molecular weight excluding hydrogens is 278 g/mol. The SMILES string of the molecule is Cc1nn(C)c(C)c1CC(=O)N1CCC[C@@H]1Cn1cccn1. The summed E-state index contributed by atoms with van der Waals surface area (Å²) in [6, 6.07) is 2.17. The molecule has 0 spiro atoms. The van der Waals surface area contributed by atoms with Crippen molar-refractivity contribution in [1.82, 2.24) is 24.5 Å². The Morgan fingerprint density at radius 3 is 2.86 bits per heavy atom. The van der Waals surface area contributed by atoms with Crippen molar-refractivity contribution in [2.75, 3.05) is 6.54 Å². The molecular formula is C16H23N5O. The molecule has 3 rings (SSSR count). The minimum absolute atomic E-state index is 0.203. The van der Waals surface area contributed by atoms with Crippen LogP contribution in [-0.2, 0) is 24.8 Å². The summed E-state index contributed by atoms with van der Waals surface area (Å²) in [5.41, 5.74) is 3.10. The number of hydrogen-bond acceptors (Lipinski definition) is 3. The van der Waals surface area contributed by atoms with Crippen LogP contribution in [0.4, 0.5) is 0 Å². The lowest BCUT2D eigenvalue weighted by molar-refractivity contribution is -0.131. The first-order valence-electron chi connectivity index (χ1n) is 7.82. The first-order valence-corrected chi connectivity index (χ1v) is 7.82. The maximum absolute atomic E-state index is 12.7. The normalized spacial score (nSPS) is 18.1. The number of amides is 1. The van der Waals surface area contributed by atoms with Gasteiger partial charge in [0.2, 0.25) is 5.91 Å². The Hall–Kier alpha value is -2.11. The quantitative estimate of drug-likeness (QED) is 0.859. The van der Waals surface area contributed by atoms with E-state index in [9.17, 15) is 4.79 Å². The van der Waals surface area contributed by atoms with Crippen LogP contribution in [0.15, 0.2) is 18.5 Å². The molecule has 3 heterocycles. The van der Waals surface area contributed by atoms with Gasteiger partial charge in [-0.25, -0.2) is 0 Å². The molecule has 0 saturated carbocycles. The van der Waals surface area contributed by atoms with E-state index in [1.807, 2.05) is 47.4 Å². The second-order valence-electron chi connectivity index (χ2n) is 6.06. The lowest BCUT2D eigenvalue weighted by Gasteiger charge is -2.25. The minimum Gasteiger partial charge on any atom is -0.338 e. The highest BCUT2D eigenvalue weighted by molar-refractivity contribution is 5.79. The first-order chi connectivity index (χ1) is 10.6. The van der Waals surface area contributed by atoms with E-state index in [-0.39, 0.29) is 11.9 Å². The highest BCUT2D eigenvalue weighted by atomic mass is 16.2. The zero-order chi connectivity index (χ0) is 15.7. The van der Waals surface area contributed by atoms with Crippen molar-refractivity contribution in [1.29, 1.82) is 0 Å². The first kappa shape index (κ1) is 14.8. The van der Waals surface area contributed by atoms with Crippen LogP contribution in [0.25, 0.3) is 0 Å². The summed E-state index contributed by atoms with van der Waals surface area (Å²) in [5.74, 6) is 0.203. The summed E-state index contributed by atoms with van der Waals surface area (Å²) >= 11 is 0. The molecule has 0 bridgehead atoms. The number of carbonyl (C=O) groups is 1. The number of nitrogens with zero attached hydrogens (tertiary/aromatic N) is 5. The summed E-state index contributed by atoms with van der Waals surface area (Å²) < 4.78 is 3.76. The second kappa shape index (κ2) is 5.94. The van der Waals surface area contributed by atoms with E-state index >= 15 is 0 Å². The Bertz CT molecular complexity index is 658. The van der Waals surface area contributed by atoms with Gasteiger partial charge in [-0.3, -0.25) is 14.2 Å². The fraction of sp³-hybridized carbons (Fsp3) is 0.562. The van der Waals surface area contributed by atoms with E-state index in [1.165, 1.54) is 0 Å². The number of likely N-dealkylation sites (tertiary alicyclic amines) is 1. The summed E-state index contributed by atoms with van der Waals surface area (Å²) in [6.07, 6.45) is 6.31. The molecule has 22 heavy (non-hydrogen) atoms. The summed E-state index contributed by atoms with van der Waals surface area (Å²) in [7, 11) is 1.92. The van der Waals surface area contributed by atoms with Gasteiger partial charge in [0.25, 0.3) is 0 Å². The molecule has 1 fully saturated rings. The highest BCUT2D eigenvalue weighted by Gasteiger charge is 2.29. The summed E-state index contributed by atoms with van der Waals surface area (Å²) in [6.45, 7) is 5.63. The van der Waals surface area contributed by atoms with Gasteiger partial charge in [0.05, 0.1) is 24.7 Å². The topological polar surface area (TPSA) is 56.0 Å². The molecule has 1 saturated heterocycles. The molecule has 6 nitrogen and oxygen atoms in total.